The molecule has 0 aliphatic heterocycles. The molecule has 1 aromatic carbocycles. The molecule has 1 rings (SSSR count). The molecule has 0 aliphatic carbocycles. The number of rotatable bonds is 15. The number of aryl methyl sites for hydroxylation is 2. The zero-order chi connectivity index (χ0) is 20.1. The Morgan fingerprint density at radius 3 is 2.14 bits per heavy atom. The Kier molecular flexibility index (Phi) is 15.7. The van der Waals surface area contributed by atoms with Crippen LogP contribution in [0.25, 0.3) is 0 Å². The molecule has 0 radical (unpaired) electrons. The summed E-state index contributed by atoms with van der Waals surface area (Å²) in [5, 5.41) is -0.914. The van der Waals surface area contributed by atoms with Gasteiger partial charge in [0.15, 0.2) is 0 Å². The molecular formula is C22H37NaO4S. The molecule has 1 unspecified atom stereocenters. The number of hydrogen-bond acceptors (Lipinski definition) is 4. The maximum absolute atomic E-state index is 11.0. The van der Waals surface area contributed by atoms with Crippen molar-refractivity contribution in [3.8, 4) is 5.75 Å². The standard InChI is InChI=1S/C22H38O4S.Na/c1-4-6-8-10-12-20-14-15-22(21(18-20)13-11-9-7-5-2)26-17-16-19(3)27(23,24)25;/h14-15,18-19H,4-13,16-17H2,1-3H3,(H,23,24,25);/q;+1/p-1. The molecule has 0 spiro atoms. The molecule has 0 fully saturated rings. The van der Waals surface area contributed by atoms with Crippen molar-refractivity contribution < 1.29 is 47.3 Å². The zero-order valence-electron chi connectivity index (χ0n) is 18.3. The van der Waals surface area contributed by atoms with Crippen molar-refractivity contribution in [2.45, 2.75) is 96.7 Å². The summed E-state index contributed by atoms with van der Waals surface area (Å²) in [6, 6.07) is 6.38. The van der Waals surface area contributed by atoms with Gasteiger partial charge in [-0.1, -0.05) is 64.5 Å². The van der Waals surface area contributed by atoms with Crippen LogP contribution in [0.4, 0.5) is 0 Å². The van der Waals surface area contributed by atoms with E-state index in [1.54, 1.807) is 0 Å². The molecule has 0 saturated heterocycles. The average molecular weight is 421 g/mol. The SMILES string of the molecule is CCCCCCc1ccc(OCCC(C)S(=O)(=O)[O-])c(CCCCCC)c1.[Na+]. The van der Waals surface area contributed by atoms with Crippen LogP contribution >= 0.6 is 0 Å². The maximum atomic E-state index is 11.0. The summed E-state index contributed by atoms with van der Waals surface area (Å²) >= 11 is 0. The average Bonchev–Trinajstić information content (AvgIpc) is 2.63. The molecule has 0 aromatic heterocycles. The Balaban J connectivity index is 0.00000729. The Hall–Kier alpha value is -0.0700. The Labute approximate surface area is 194 Å². The van der Waals surface area contributed by atoms with E-state index < -0.39 is 15.4 Å². The topological polar surface area (TPSA) is 66.4 Å². The Bertz CT molecular complexity index is 631. The second-order valence-electron chi connectivity index (χ2n) is 7.50. The van der Waals surface area contributed by atoms with Crippen LogP contribution < -0.4 is 34.3 Å². The predicted molar refractivity (Wildman–Crippen MR) is 111 cm³/mol. The third-order valence-corrected chi connectivity index (χ3v) is 6.24. The van der Waals surface area contributed by atoms with Crippen molar-refractivity contribution in [2.24, 2.45) is 0 Å². The fourth-order valence-electron chi connectivity index (χ4n) is 3.10. The van der Waals surface area contributed by atoms with Gasteiger partial charge in [-0.15, -0.1) is 0 Å². The van der Waals surface area contributed by atoms with Crippen molar-refractivity contribution in [2.75, 3.05) is 6.61 Å². The van der Waals surface area contributed by atoms with Gasteiger partial charge in [-0.3, -0.25) is 0 Å². The van der Waals surface area contributed by atoms with Gasteiger partial charge in [0.05, 0.1) is 16.7 Å². The summed E-state index contributed by atoms with van der Waals surface area (Å²) in [5.74, 6) is 0.833. The summed E-state index contributed by atoms with van der Waals surface area (Å²) in [6.07, 6.45) is 12.1. The monoisotopic (exact) mass is 420 g/mol. The second kappa shape index (κ2) is 15.7. The Morgan fingerprint density at radius 2 is 1.57 bits per heavy atom. The molecule has 28 heavy (non-hydrogen) atoms. The van der Waals surface area contributed by atoms with Gasteiger partial charge in [-0.05, 0) is 56.2 Å². The van der Waals surface area contributed by atoms with E-state index in [0.29, 0.717) is 0 Å². The van der Waals surface area contributed by atoms with Crippen molar-refractivity contribution in [1.82, 2.24) is 0 Å². The van der Waals surface area contributed by atoms with Crippen molar-refractivity contribution >= 4 is 10.1 Å². The molecule has 6 heteroatoms. The van der Waals surface area contributed by atoms with Crippen molar-refractivity contribution in [1.29, 1.82) is 0 Å². The minimum atomic E-state index is -4.24. The fourth-order valence-corrected chi connectivity index (χ4v) is 3.49. The van der Waals surface area contributed by atoms with Crippen LogP contribution in [0.2, 0.25) is 0 Å². The minimum Gasteiger partial charge on any atom is -0.748 e. The number of unbranched alkanes of at least 4 members (excludes halogenated alkanes) is 6. The fraction of sp³-hybridized carbons (Fsp3) is 0.727. The first-order valence-electron chi connectivity index (χ1n) is 10.6. The molecule has 1 atom stereocenters. The van der Waals surface area contributed by atoms with Crippen LogP contribution in [0.3, 0.4) is 0 Å². The first kappa shape index (κ1) is 27.9. The number of ether oxygens (including phenoxy) is 1. The van der Waals surface area contributed by atoms with Gasteiger partial charge in [0.25, 0.3) is 0 Å². The van der Waals surface area contributed by atoms with Gasteiger partial charge >= 0.3 is 29.6 Å². The molecule has 0 heterocycles. The molecular weight excluding hydrogens is 383 g/mol. The van der Waals surface area contributed by atoms with Gasteiger partial charge in [0.1, 0.15) is 5.75 Å². The quantitative estimate of drug-likeness (QED) is 0.249. The molecule has 0 N–H and O–H groups in total. The summed E-state index contributed by atoms with van der Waals surface area (Å²) in [6.45, 7) is 6.12. The first-order chi connectivity index (χ1) is 12.9. The van der Waals surface area contributed by atoms with Crippen LogP contribution in [0.5, 0.6) is 5.75 Å². The molecule has 1 aromatic rings. The third kappa shape index (κ3) is 11.8. The first-order valence-corrected chi connectivity index (χ1v) is 12.0. The van der Waals surface area contributed by atoms with E-state index in [-0.39, 0.29) is 42.6 Å². The molecule has 0 saturated carbocycles. The second-order valence-corrected chi connectivity index (χ2v) is 9.29. The van der Waals surface area contributed by atoms with E-state index in [9.17, 15) is 13.0 Å². The van der Waals surface area contributed by atoms with Gasteiger partial charge in [-0.2, -0.15) is 0 Å². The smallest absolute Gasteiger partial charge is 0.748 e. The Morgan fingerprint density at radius 1 is 0.964 bits per heavy atom. The third-order valence-electron chi connectivity index (χ3n) is 5.02. The van der Waals surface area contributed by atoms with E-state index in [0.717, 1.165) is 25.0 Å². The summed E-state index contributed by atoms with van der Waals surface area (Å²) in [7, 11) is -4.24. The largest absolute Gasteiger partial charge is 1.00 e. The van der Waals surface area contributed by atoms with Gasteiger partial charge in [0.2, 0.25) is 0 Å². The van der Waals surface area contributed by atoms with E-state index in [4.69, 9.17) is 4.74 Å². The van der Waals surface area contributed by atoms with E-state index in [1.165, 1.54) is 63.0 Å². The van der Waals surface area contributed by atoms with Gasteiger partial charge in [-0.25, -0.2) is 8.42 Å². The van der Waals surface area contributed by atoms with Crippen LogP contribution in [-0.4, -0.2) is 24.8 Å². The zero-order valence-corrected chi connectivity index (χ0v) is 21.2. The normalized spacial score (nSPS) is 12.4. The van der Waals surface area contributed by atoms with Crippen LogP contribution in [0.15, 0.2) is 18.2 Å². The van der Waals surface area contributed by atoms with E-state index in [2.05, 4.69) is 26.0 Å². The number of benzene rings is 1. The van der Waals surface area contributed by atoms with Gasteiger partial charge in [0, 0.05) is 5.25 Å². The van der Waals surface area contributed by atoms with Crippen LogP contribution in [0, 0.1) is 0 Å². The predicted octanol–water partition coefficient (Wildman–Crippen LogP) is 2.64. The minimum absolute atomic E-state index is 0. The van der Waals surface area contributed by atoms with Crippen LogP contribution in [-0.2, 0) is 23.0 Å². The summed E-state index contributed by atoms with van der Waals surface area (Å²) in [5.41, 5.74) is 2.55. The van der Waals surface area contributed by atoms with Gasteiger partial charge < -0.3 is 9.29 Å². The van der Waals surface area contributed by atoms with E-state index >= 15 is 0 Å². The van der Waals surface area contributed by atoms with Crippen molar-refractivity contribution in [3.05, 3.63) is 29.3 Å². The van der Waals surface area contributed by atoms with Crippen molar-refractivity contribution in [3.63, 3.8) is 0 Å². The van der Waals surface area contributed by atoms with E-state index in [1.807, 2.05) is 6.07 Å². The molecule has 156 valence electrons. The summed E-state index contributed by atoms with van der Waals surface area (Å²) in [4.78, 5) is 0. The molecule has 4 nitrogen and oxygen atoms in total. The molecule has 0 aliphatic rings. The molecule has 0 amide bonds. The van der Waals surface area contributed by atoms with Crippen LogP contribution in [0.1, 0.15) is 89.7 Å². The molecule has 0 bridgehead atoms. The number of hydrogen-bond donors (Lipinski definition) is 0. The summed E-state index contributed by atoms with van der Waals surface area (Å²) < 4.78 is 38.9. The maximum Gasteiger partial charge on any atom is 1.00 e.